The number of hydrogen-bond donors (Lipinski definition) is 2. The van der Waals surface area contributed by atoms with Crippen molar-refractivity contribution in [1.29, 1.82) is 0 Å². The second kappa shape index (κ2) is 14.3. The van der Waals surface area contributed by atoms with Crippen molar-refractivity contribution in [3.8, 4) is 5.75 Å². The van der Waals surface area contributed by atoms with E-state index in [2.05, 4.69) is 17.3 Å². The molecule has 5 rings (SSSR count). The van der Waals surface area contributed by atoms with Crippen LogP contribution in [0.15, 0.2) is 36.5 Å². The van der Waals surface area contributed by atoms with Crippen LogP contribution in [-0.2, 0) is 11.2 Å². The number of aliphatic hydroxyl groups excluding tert-OH is 1. The van der Waals surface area contributed by atoms with Crippen LogP contribution in [0.25, 0.3) is 0 Å². The Morgan fingerprint density at radius 3 is 2.57 bits per heavy atom. The summed E-state index contributed by atoms with van der Waals surface area (Å²) < 4.78 is 6.44. The van der Waals surface area contributed by atoms with Crippen LogP contribution in [0.3, 0.4) is 0 Å². The topological polar surface area (TPSA) is 98.2 Å². The predicted molar refractivity (Wildman–Crippen MR) is 163 cm³/mol. The first-order valence-corrected chi connectivity index (χ1v) is 15.8. The molecular formula is C31H41Cl2N5O4. The minimum atomic E-state index is -0.802. The molecule has 3 fully saturated rings. The molecular weight excluding hydrogens is 577 g/mol. The molecule has 0 unspecified atom stereocenters. The van der Waals surface area contributed by atoms with Crippen LogP contribution < -0.4 is 10.1 Å². The van der Waals surface area contributed by atoms with Crippen molar-refractivity contribution in [1.82, 2.24) is 25.0 Å². The molecule has 42 heavy (non-hydrogen) atoms. The van der Waals surface area contributed by atoms with Crippen LogP contribution in [0.5, 0.6) is 5.75 Å². The Morgan fingerprint density at radius 2 is 1.83 bits per heavy atom. The first-order valence-electron chi connectivity index (χ1n) is 15.0. The van der Waals surface area contributed by atoms with Crippen LogP contribution in [0.4, 0.5) is 4.79 Å². The van der Waals surface area contributed by atoms with E-state index in [9.17, 15) is 14.7 Å². The van der Waals surface area contributed by atoms with Crippen molar-refractivity contribution in [3.63, 3.8) is 0 Å². The van der Waals surface area contributed by atoms with Gasteiger partial charge in [0.05, 0.1) is 11.8 Å². The van der Waals surface area contributed by atoms with Gasteiger partial charge >= 0.3 is 6.03 Å². The van der Waals surface area contributed by atoms with Crippen LogP contribution >= 0.6 is 23.2 Å². The number of ether oxygens (including phenoxy) is 1. The first kappa shape index (κ1) is 30.9. The summed E-state index contributed by atoms with van der Waals surface area (Å²) in [6, 6.07) is 7.94. The molecule has 0 bridgehead atoms. The van der Waals surface area contributed by atoms with Crippen molar-refractivity contribution in [2.75, 3.05) is 46.3 Å². The standard InChI is InChI=1S/C31H41Cl2N5O4/c1-36-13-4-6-25(20-36)42-28-7-2-12-34-29(28)21-10-15-37(16-11-21)30(40)27(17-22-8-9-23(32)18-26(22)33)35-31(41)38-14-3-5-24(39)19-38/h2,7-9,12,18,21,24-25,27,39H,3-6,10-11,13-17,19-20H2,1H3,(H,35,41)/t24-,25-,27+/m0/s1. The Hall–Kier alpha value is -2.59. The second-order valence-corrected chi connectivity index (χ2v) is 12.7. The fraction of sp³-hybridized carbons (Fsp3) is 0.581. The van der Waals surface area contributed by atoms with Gasteiger partial charge in [0, 0.05) is 61.3 Å². The molecule has 1 aromatic carbocycles. The smallest absolute Gasteiger partial charge is 0.318 e. The lowest BCUT2D eigenvalue weighted by molar-refractivity contribution is -0.134. The number of carbonyl (C=O) groups excluding carboxylic acids is 2. The van der Waals surface area contributed by atoms with E-state index >= 15 is 0 Å². The van der Waals surface area contributed by atoms with E-state index in [1.165, 1.54) is 0 Å². The Bertz CT molecular complexity index is 1240. The quantitative estimate of drug-likeness (QED) is 0.479. The molecule has 2 aromatic rings. The summed E-state index contributed by atoms with van der Waals surface area (Å²) in [6.45, 7) is 3.90. The zero-order valence-electron chi connectivity index (χ0n) is 24.2. The molecule has 0 spiro atoms. The molecule has 11 heteroatoms. The first-order chi connectivity index (χ1) is 20.3. The molecule has 3 atom stereocenters. The molecule has 0 aliphatic carbocycles. The number of amides is 3. The van der Waals surface area contributed by atoms with Gasteiger partial charge in [0.15, 0.2) is 0 Å². The van der Waals surface area contributed by atoms with Crippen molar-refractivity contribution in [2.24, 2.45) is 0 Å². The third-order valence-corrected chi connectivity index (χ3v) is 9.17. The molecule has 3 aliphatic rings. The zero-order chi connectivity index (χ0) is 29.6. The van der Waals surface area contributed by atoms with Crippen molar-refractivity contribution >= 4 is 35.1 Å². The fourth-order valence-corrected chi connectivity index (χ4v) is 6.77. The number of aromatic nitrogens is 1. The molecule has 228 valence electrons. The fourth-order valence-electron chi connectivity index (χ4n) is 6.28. The summed E-state index contributed by atoms with van der Waals surface area (Å²) in [7, 11) is 2.12. The zero-order valence-corrected chi connectivity index (χ0v) is 25.7. The SMILES string of the molecule is CN1CCC[C@H](Oc2cccnc2C2CCN(C(=O)[C@@H](Cc3ccc(Cl)cc3Cl)NC(=O)N3CCC[C@H](O)C3)CC2)C1. The minimum Gasteiger partial charge on any atom is -0.487 e. The van der Waals surface area contributed by atoms with Gasteiger partial charge in [-0.3, -0.25) is 9.78 Å². The summed E-state index contributed by atoms with van der Waals surface area (Å²) in [5.41, 5.74) is 1.69. The maximum absolute atomic E-state index is 13.9. The molecule has 9 nitrogen and oxygen atoms in total. The number of halogens is 2. The van der Waals surface area contributed by atoms with Crippen molar-refractivity contribution < 1.29 is 19.4 Å². The van der Waals surface area contributed by atoms with Crippen molar-refractivity contribution in [3.05, 3.63) is 57.8 Å². The summed E-state index contributed by atoms with van der Waals surface area (Å²) in [5, 5.41) is 14.0. The number of nitrogens with zero attached hydrogens (tertiary/aromatic N) is 4. The number of β-amino-alcohol motifs (C(OH)–C–C–N with tert-alkyl or cyclic N) is 1. The number of rotatable bonds is 7. The number of aliphatic hydroxyl groups is 1. The summed E-state index contributed by atoms with van der Waals surface area (Å²) in [4.78, 5) is 37.5. The third kappa shape index (κ3) is 7.86. The third-order valence-electron chi connectivity index (χ3n) is 8.59. The Morgan fingerprint density at radius 1 is 1.05 bits per heavy atom. The lowest BCUT2D eigenvalue weighted by Gasteiger charge is -2.36. The molecule has 3 saturated heterocycles. The number of hydrogen-bond acceptors (Lipinski definition) is 6. The molecule has 3 amide bonds. The monoisotopic (exact) mass is 617 g/mol. The lowest BCUT2D eigenvalue weighted by Crippen LogP contribution is -2.56. The van der Waals surface area contributed by atoms with E-state index in [1.807, 2.05) is 23.2 Å². The van der Waals surface area contributed by atoms with Crippen LogP contribution in [0, 0.1) is 0 Å². The van der Waals surface area contributed by atoms with E-state index in [4.69, 9.17) is 32.9 Å². The highest BCUT2D eigenvalue weighted by Gasteiger charge is 2.33. The Labute approximate surface area is 258 Å². The Kier molecular flexibility index (Phi) is 10.5. The molecule has 2 N–H and O–H groups in total. The maximum Gasteiger partial charge on any atom is 0.318 e. The van der Waals surface area contributed by atoms with Gasteiger partial charge in [-0.15, -0.1) is 0 Å². The summed E-state index contributed by atoms with van der Waals surface area (Å²) in [5.74, 6) is 0.877. The highest BCUT2D eigenvalue weighted by atomic mass is 35.5. The van der Waals surface area contributed by atoms with E-state index in [1.54, 1.807) is 23.1 Å². The number of carbonyl (C=O) groups is 2. The van der Waals surface area contributed by atoms with Gasteiger partial charge in [0.2, 0.25) is 5.91 Å². The second-order valence-electron chi connectivity index (χ2n) is 11.8. The van der Waals surface area contributed by atoms with E-state index in [0.717, 1.165) is 62.2 Å². The predicted octanol–water partition coefficient (Wildman–Crippen LogP) is 4.35. The molecule has 0 saturated carbocycles. The van der Waals surface area contributed by atoms with Gasteiger partial charge in [0.1, 0.15) is 17.9 Å². The number of nitrogens with one attached hydrogen (secondary N) is 1. The van der Waals surface area contributed by atoms with Crippen LogP contribution in [0.2, 0.25) is 10.0 Å². The average molecular weight is 619 g/mol. The van der Waals surface area contributed by atoms with Crippen LogP contribution in [-0.4, -0.2) is 101 Å². The van der Waals surface area contributed by atoms with E-state index in [-0.39, 0.29) is 36.9 Å². The number of urea groups is 1. The number of piperidine rings is 3. The molecule has 3 aliphatic heterocycles. The summed E-state index contributed by atoms with van der Waals surface area (Å²) in [6.07, 6.45) is 6.70. The number of likely N-dealkylation sites (N-methyl/N-ethyl adjacent to an activating group) is 1. The van der Waals surface area contributed by atoms with Gasteiger partial charge in [-0.1, -0.05) is 29.3 Å². The lowest BCUT2D eigenvalue weighted by atomic mass is 9.91. The van der Waals surface area contributed by atoms with Gasteiger partial charge in [0.25, 0.3) is 0 Å². The summed E-state index contributed by atoms with van der Waals surface area (Å²) >= 11 is 12.6. The largest absolute Gasteiger partial charge is 0.487 e. The van der Waals surface area contributed by atoms with Crippen LogP contribution in [0.1, 0.15) is 55.7 Å². The number of likely N-dealkylation sites (tertiary alicyclic amines) is 3. The maximum atomic E-state index is 13.9. The van der Waals surface area contributed by atoms with Crippen molar-refractivity contribution in [2.45, 2.75) is 69.1 Å². The average Bonchev–Trinajstić information content (AvgIpc) is 2.98. The van der Waals surface area contributed by atoms with Gasteiger partial charge in [-0.2, -0.15) is 0 Å². The van der Waals surface area contributed by atoms with E-state index < -0.39 is 12.1 Å². The molecule has 0 radical (unpaired) electrons. The van der Waals surface area contributed by atoms with Gasteiger partial charge < -0.3 is 29.9 Å². The number of benzene rings is 1. The highest BCUT2D eigenvalue weighted by Crippen LogP contribution is 2.34. The highest BCUT2D eigenvalue weighted by molar-refractivity contribution is 6.35. The minimum absolute atomic E-state index is 0.145. The van der Waals surface area contributed by atoms with E-state index in [0.29, 0.717) is 36.1 Å². The van der Waals surface area contributed by atoms with Gasteiger partial charge in [-0.05, 0) is 81.9 Å². The number of pyridine rings is 1. The molecule has 1 aromatic heterocycles. The normalized spacial score (nSPS) is 23.0. The molecule has 4 heterocycles. The Balaban J connectivity index is 1.26. The van der Waals surface area contributed by atoms with Gasteiger partial charge in [-0.25, -0.2) is 4.79 Å².